The number of carbonyl (C=O) groups excluding carboxylic acids is 1. The normalized spacial score (nSPS) is 12.1. The average molecular weight is 470 g/mol. The molecule has 1 unspecified atom stereocenters. The summed E-state index contributed by atoms with van der Waals surface area (Å²) in [5, 5.41) is 22.4. The molecule has 1 aromatic heterocycles. The quantitative estimate of drug-likeness (QED) is 0.355. The molecule has 1 heterocycles. The second-order valence-electron chi connectivity index (χ2n) is 7.52. The van der Waals surface area contributed by atoms with Crippen LogP contribution in [0.2, 0.25) is 5.02 Å². The number of hydrogen-bond acceptors (Lipinski definition) is 4. The average Bonchev–Trinajstić information content (AvgIpc) is 3.18. The van der Waals surface area contributed by atoms with E-state index in [0.717, 1.165) is 31.7 Å². The smallest absolute Gasteiger partial charge is 0.251 e. The Hall–Kier alpha value is -2.77. The van der Waals surface area contributed by atoms with Crippen molar-refractivity contribution >= 4 is 38.9 Å². The van der Waals surface area contributed by atoms with Crippen molar-refractivity contribution < 1.29 is 19.4 Å². The first-order valence-corrected chi connectivity index (χ1v) is 11.3. The van der Waals surface area contributed by atoms with Crippen LogP contribution in [-0.2, 0) is 6.42 Å². The molecule has 1 amide bonds. The molecule has 7 heteroatoms. The number of aliphatic hydroxyl groups excluding tert-OH is 2. The zero-order chi connectivity index (χ0) is 22.7. The van der Waals surface area contributed by atoms with Crippen LogP contribution in [0.1, 0.15) is 20.8 Å². The predicted octanol–water partition coefficient (Wildman–Crippen LogP) is 5.03. The lowest BCUT2D eigenvalue weighted by atomic mass is 10.0. The van der Waals surface area contributed by atoms with E-state index in [1.807, 2.05) is 30.3 Å². The molecule has 1 atom stereocenters. The fourth-order valence-electron chi connectivity index (χ4n) is 3.55. The molecule has 0 spiro atoms. The first-order chi connectivity index (χ1) is 15.4. The number of aliphatic hydroxyl groups is 2. The van der Waals surface area contributed by atoms with Crippen LogP contribution in [0.5, 0.6) is 0 Å². The summed E-state index contributed by atoms with van der Waals surface area (Å²) in [4.78, 5) is 13.5. The van der Waals surface area contributed by atoms with Gasteiger partial charge in [0.2, 0.25) is 0 Å². The van der Waals surface area contributed by atoms with Gasteiger partial charge in [-0.1, -0.05) is 41.9 Å². The van der Waals surface area contributed by atoms with E-state index in [-0.39, 0.29) is 18.3 Å². The third-order valence-corrected chi connectivity index (χ3v) is 6.44. The standard InChI is InChI=1S/C25H21ClFNO3S/c26-19-7-15(8-20(27)12-19)9-22-11-17-4-2-6-23(24(17)32-22)16-3-1-5-18(10-16)25(31)28-13-21(30)14-29/h1-8,10-12,21,29-30H,9,13-14H2,(H,28,31). The lowest BCUT2D eigenvalue weighted by Crippen LogP contribution is -2.33. The van der Waals surface area contributed by atoms with E-state index in [4.69, 9.17) is 16.7 Å². The monoisotopic (exact) mass is 469 g/mol. The highest BCUT2D eigenvalue weighted by atomic mass is 35.5. The number of fused-ring (bicyclic) bond motifs is 1. The van der Waals surface area contributed by atoms with E-state index in [1.165, 1.54) is 12.1 Å². The van der Waals surface area contributed by atoms with E-state index in [1.54, 1.807) is 29.5 Å². The van der Waals surface area contributed by atoms with E-state index in [2.05, 4.69) is 11.4 Å². The summed E-state index contributed by atoms with van der Waals surface area (Å²) in [6.07, 6.45) is -0.417. The van der Waals surface area contributed by atoms with Gasteiger partial charge in [0.1, 0.15) is 5.82 Å². The van der Waals surface area contributed by atoms with Gasteiger partial charge < -0.3 is 15.5 Å². The topological polar surface area (TPSA) is 69.6 Å². The second kappa shape index (κ2) is 9.79. The van der Waals surface area contributed by atoms with Crippen molar-refractivity contribution in [3.63, 3.8) is 0 Å². The zero-order valence-corrected chi connectivity index (χ0v) is 18.6. The van der Waals surface area contributed by atoms with E-state index in [9.17, 15) is 14.3 Å². The third-order valence-electron chi connectivity index (χ3n) is 5.04. The number of rotatable bonds is 7. The minimum absolute atomic E-state index is 0.0203. The number of amides is 1. The highest BCUT2D eigenvalue weighted by Crippen LogP contribution is 2.36. The Balaban J connectivity index is 1.63. The molecule has 0 bridgehead atoms. The van der Waals surface area contributed by atoms with Crippen LogP contribution in [0.3, 0.4) is 0 Å². The van der Waals surface area contributed by atoms with Crippen molar-refractivity contribution in [2.45, 2.75) is 12.5 Å². The van der Waals surface area contributed by atoms with Gasteiger partial charge in [0, 0.05) is 33.1 Å². The minimum atomic E-state index is -0.992. The number of hydrogen-bond donors (Lipinski definition) is 3. The molecule has 0 radical (unpaired) electrons. The summed E-state index contributed by atoms with van der Waals surface area (Å²) in [7, 11) is 0. The van der Waals surface area contributed by atoms with Gasteiger partial charge in [0.15, 0.2) is 0 Å². The molecule has 0 saturated heterocycles. The minimum Gasteiger partial charge on any atom is -0.394 e. The fourth-order valence-corrected chi connectivity index (χ4v) is 5.02. The molecule has 4 rings (SSSR count). The van der Waals surface area contributed by atoms with Crippen LogP contribution < -0.4 is 5.32 Å². The number of carbonyl (C=O) groups is 1. The molecule has 0 aliphatic heterocycles. The lowest BCUT2D eigenvalue weighted by molar-refractivity contribution is 0.0802. The van der Waals surface area contributed by atoms with Crippen molar-refractivity contribution in [2.24, 2.45) is 0 Å². The Morgan fingerprint density at radius 2 is 1.91 bits per heavy atom. The largest absolute Gasteiger partial charge is 0.394 e. The van der Waals surface area contributed by atoms with Crippen LogP contribution in [0.15, 0.2) is 66.7 Å². The molecule has 0 saturated carbocycles. The molecule has 32 heavy (non-hydrogen) atoms. The number of benzene rings is 3. The first kappa shape index (κ1) is 22.4. The number of thiophene rings is 1. The summed E-state index contributed by atoms with van der Waals surface area (Å²) in [5.74, 6) is -0.669. The summed E-state index contributed by atoms with van der Waals surface area (Å²) >= 11 is 7.62. The Labute approximate surface area is 193 Å². The summed E-state index contributed by atoms with van der Waals surface area (Å²) in [6, 6.07) is 19.9. The SMILES string of the molecule is O=C(NCC(O)CO)c1cccc(-c2cccc3cc(Cc4cc(F)cc(Cl)c4)sc23)c1. The number of nitrogens with one attached hydrogen (secondary N) is 1. The molecule has 4 aromatic rings. The Morgan fingerprint density at radius 1 is 1.09 bits per heavy atom. The highest BCUT2D eigenvalue weighted by molar-refractivity contribution is 7.19. The van der Waals surface area contributed by atoms with Crippen molar-refractivity contribution in [3.05, 3.63) is 93.6 Å². The van der Waals surface area contributed by atoms with Gasteiger partial charge in [-0.3, -0.25) is 4.79 Å². The number of halogens is 2. The Kier molecular flexibility index (Phi) is 6.86. The van der Waals surface area contributed by atoms with E-state index in [0.29, 0.717) is 17.0 Å². The van der Waals surface area contributed by atoms with Crippen LogP contribution in [0, 0.1) is 5.82 Å². The van der Waals surface area contributed by atoms with Gasteiger partial charge >= 0.3 is 0 Å². The van der Waals surface area contributed by atoms with Crippen LogP contribution >= 0.6 is 22.9 Å². The fraction of sp³-hybridized carbons (Fsp3) is 0.160. The maximum Gasteiger partial charge on any atom is 0.251 e. The van der Waals surface area contributed by atoms with Crippen LogP contribution in [0.4, 0.5) is 4.39 Å². The maximum absolute atomic E-state index is 13.7. The van der Waals surface area contributed by atoms with Gasteiger partial charge in [-0.05, 0) is 58.5 Å². The third kappa shape index (κ3) is 5.16. The lowest BCUT2D eigenvalue weighted by Gasteiger charge is -2.10. The molecule has 0 aliphatic carbocycles. The summed E-state index contributed by atoms with van der Waals surface area (Å²) < 4.78 is 14.8. The molecular formula is C25H21ClFNO3S. The van der Waals surface area contributed by atoms with Crippen LogP contribution in [-0.4, -0.2) is 35.4 Å². The van der Waals surface area contributed by atoms with Gasteiger partial charge in [-0.25, -0.2) is 4.39 Å². The molecule has 3 aromatic carbocycles. The van der Waals surface area contributed by atoms with Crippen molar-refractivity contribution in [3.8, 4) is 11.1 Å². The van der Waals surface area contributed by atoms with Crippen LogP contribution in [0.25, 0.3) is 21.2 Å². The highest BCUT2D eigenvalue weighted by Gasteiger charge is 2.13. The van der Waals surface area contributed by atoms with Gasteiger partial charge in [-0.15, -0.1) is 11.3 Å². The maximum atomic E-state index is 13.7. The van der Waals surface area contributed by atoms with Gasteiger partial charge in [0.05, 0.1) is 12.7 Å². The Bertz CT molecular complexity index is 1250. The predicted molar refractivity (Wildman–Crippen MR) is 127 cm³/mol. The van der Waals surface area contributed by atoms with Gasteiger partial charge in [-0.2, -0.15) is 0 Å². The first-order valence-electron chi connectivity index (χ1n) is 10.1. The molecule has 3 N–H and O–H groups in total. The molecule has 0 aliphatic rings. The molecular weight excluding hydrogens is 449 g/mol. The molecule has 0 fully saturated rings. The van der Waals surface area contributed by atoms with Crippen molar-refractivity contribution in [1.29, 1.82) is 0 Å². The van der Waals surface area contributed by atoms with E-state index < -0.39 is 12.7 Å². The second-order valence-corrected chi connectivity index (χ2v) is 9.09. The van der Waals surface area contributed by atoms with Crippen molar-refractivity contribution in [1.82, 2.24) is 5.32 Å². The zero-order valence-electron chi connectivity index (χ0n) is 17.0. The van der Waals surface area contributed by atoms with Crippen molar-refractivity contribution in [2.75, 3.05) is 13.2 Å². The summed E-state index contributed by atoms with van der Waals surface area (Å²) in [5.41, 5.74) is 3.18. The molecule has 164 valence electrons. The van der Waals surface area contributed by atoms with E-state index >= 15 is 0 Å². The van der Waals surface area contributed by atoms with Gasteiger partial charge in [0.25, 0.3) is 5.91 Å². The Morgan fingerprint density at radius 3 is 2.69 bits per heavy atom. The summed E-state index contributed by atoms with van der Waals surface area (Å²) in [6.45, 7) is -0.432. The molecule has 4 nitrogen and oxygen atoms in total.